The van der Waals surface area contributed by atoms with Crippen LogP contribution < -0.4 is 0 Å². The number of hydrogen-bond acceptors (Lipinski definition) is 2. The normalized spacial score (nSPS) is 6.25. The summed E-state index contributed by atoms with van der Waals surface area (Å²) in [5.74, 6) is 0. The molecule has 0 unspecified atom stereocenters. The van der Waals surface area contributed by atoms with E-state index < -0.39 is 7.23 Å². The van der Waals surface area contributed by atoms with E-state index in [1.807, 2.05) is 0 Å². The summed E-state index contributed by atoms with van der Waals surface area (Å²) in [4.78, 5) is 0. The molecule has 0 aromatic carbocycles. The second-order valence-corrected chi connectivity index (χ2v) is 1.87. The van der Waals surface area contributed by atoms with Crippen LogP contribution in [0.3, 0.4) is 0 Å². The summed E-state index contributed by atoms with van der Waals surface area (Å²) in [6.07, 6.45) is 0. The molecule has 0 aromatic heterocycles. The Bertz CT molecular complexity index is 54.4. The Labute approximate surface area is 27.3 Å². The van der Waals surface area contributed by atoms with Crippen molar-refractivity contribution in [2.75, 3.05) is 0 Å². The van der Waals surface area contributed by atoms with Crippen molar-refractivity contribution in [2.24, 2.45) is 0 Å². The van der Waals surface area contributed by atoms with Gasteiger partial charge in [-0.25, -0.2) is 9.13 Å². The van der Waals surface area contributed by atoms with Crippen LogP contribution in [0.4, 0.5) is 0 Å². The lowest BCUT2D eigenvalue weighted by Crippen LogP contribution is -1.22. The summed E-state index contributed by atoms with van der Waals surface area (Å²) in [6.45, 7) is 0. The van der Waals surface area contributed by atoms with Crippen molar-refractivity contribution in [3.05, 3.63) is 0 Å². The van der Waals surface area contributed by atoms with Gasteiger partial charge in [0.25, 0.3) is 7.23 Å². The van der Waals surface area contributed by atoms with Crippen LogP contribution in [-0.2, 0) is 9.13 Å². The molecule has 0 fully saturated rings. The average molecular weight is 91.1 g/mol. The lowest BCUT2D eigenvalue weighted by molar-refractivity contribution is 0.526. The minimum Gasteiger partial charge on any atom is -0.246 e. The molecule has 21 valence electrons. The van der Waals surface area contributed by atoms with Gasteiger partial charge in [-0.3, -0.25) is 0 Å². The van der Waals surface area contributed by atoms with Gasteiger partial charge in [0, 0.05) is 0 Å². The van der Waals surface area contributed by atoms with Crippen molar-refractivity contribution in [3.63, 3.8) is 0 Å². The van der Waals surface area contributed by atoms with Gasteiger partial charge in [-0.1, -0.05) is 0 Å². The first-order valence-corrected chi connectivity index (χ1v) is 3.11. The maximum Gasteiger partial charge on any atom is 0.271 e. The van der Waals surface area contributed by atoms with Gasteiger partial charge in [-0.2, -0.15) is 0 Å². The third kappa shape index (κ3) is 193. The molecule has 0 atom stereocenters. The van der Waals surface area contributed by atoms with E-state index in [-0.39, 0.29) is 0 Å². The molecule has 0 rings (SSSR count). The highest BCUT2D eigenvalue weighted by atomic mass is 31.3. The Morgan fingerprint density at radius 2 is 1.50 bits per heavy atom. The lowest BCUT2D eigenvalue weighted by atomic mass is 15.9. The van der Waals surface area contributed by atoms with E-state index >= 15 is 0 Å². The molecule has 4 heavy (non-hydrogen) atoms. The van der Waals surface area contributed by atoms with Crippen LogP contribution in [0.15, 0.2) is 0 Å². The molecule has 0 aliphatic rings. The van der Waals surface area contributed by atoms with Gasteiger partial charge in [0.15, 0.2) is 0 Å². The van der Waals surface area contributed by atoms with Crippen LogP contribution >= 0.6 is 7.23 Å². The molecule has 0 aliphatic carbocycles. The monoisotopic (exact) mass is 90.9 g/mol. The summed E-state index contributed by atoms with van der Waals surface area (Å²) in [5.41, 5.74) is 0. The quantitative estimate of drug-likeness (QED) is 0.316. The molecule has 2 nitrogen and oxygen atoms in total. The molecular weight excluding hydrogens is 91.1 g/mol. The van der Waals surface area contributed by atoms with E-state index in [1.165, 1.54) is 0 Å². The second kappa shape index (κ2) is 1.44. The maximum atomic E-state index is 8.95. The fourth-order valence-corrected chi connectivity index (χ4v) is 0. The first kappa shape index (κ1) is 4.12. The summed E-state index contributed by atoms with van der Waals surface area (Å²) in [7, 11) is -0.0494. The van der Waals surface area contributed by atoms with Crippen molar-refractivity contribution in [1.82, 2.24) is 0 Å². The van der Waals surface area contributed by atoms with Crippen LogP contribution in [0.25, 0.3) is 0 Å². The van der Waals surface area contributed by atoms with Crippen molar-refractivity contribution < 1.29 is 9.13 Å². The zero-order valence-electron chi connectivity index (χ0n) is 1.76. The standard InChI is InChI=1S/O2PSi/c1-3(2)4. The van der Waals surface area contributed by atoms with Crippen molar-refractivity contribution in [2.45, 2.75) is 0 Å². The van der Waals surface area contributed by atoms with Gasteiger partial charge in [0.1, 0.15) is 0 Å². The highest BCUT2D eigenvalue weighted by Crippen LogP contribution is 1.83. The Kier molecular flexibility index (Phi) is 1.48. The molecule has 0 N–H and O–H groups in total. The van der Waals surface area contributed by atoms with Crippen LogP contribution in [0.5, 0.6) is 0 Å². The molecular formula is O2PSi. The van der Waals surface area contributed by atoms with E-state index in [2.05, 4.69) is 9.91 Å². The Morgan fingerprint density at radius 3 is 1.50 bits per heavy atom. The van der Waals surface area contributed by atoms with E-state index in [0.29, 0.717) is 0 Å². The van der Waals surface area contributed by atoms with Gasteiger partial charge < -0.3 is 0 Å². The maximum absolute atomic E-state index is 8.95. The first-order chi connectivity index (χ1) is 1.73. The molecule has 0 saturated carbocycles. The lowest BCUT2D eigenvalue weighted by Gasteiger charge is -1.31. The van der Waals surface area contributed by atoms with Crippen molar-refractivity contribution in [3.8, 4) is 0 Å². The first-order valence-electron chi connectivity index (χ1n) is 0.589. The minimum atomic E-state index is -2.31. The zero-order chi connectivity index (χ0) is 3.58. The van der Waals surface area contributed by atoms with E-state index in [4.69, 9.17) is 9.13 Å². The molecule has 0 aromatic rings. The van der Waals surface area contributed by atoms with Crippen LogP contribution in [-0.4, -0.2) is 9.91 Å². The topological polar surface area (TPSA) is 34.1 Å². The SMILES string of the molecule is O=P(=O)[Si]. The molecule has 0 saturated heterocycles. The zero-order valence-corrected chi connectivity index (χ0v) is 3.66. The summed E-state index contributed by atoms with van der Waals surface area (Å²) in [6, 6.07) is 0. The molecule has 3 radical (unpaired) electrons. The highest BCUT2D eigenvalue weighted by molar-refractivity contribution is 7.61. The summed E-state index contributed by atoms with van der Waals surface area (Å²) in [5, 5.41) is 0. The van der Waals surface area contributed by atoms with E-state index in [1.54, 1.807) is 0 Å². The number of hydrogen-bond donors (Lipinski definition) is 0. The van der Waals surface area contributed by atoms with Crippen molar-refractivity contribution >= 4 is 17.1 Å². The van der Waals surface area contributed by atoms with Gasteiger partial charge in [0.05, 0.1) is 0 Å². The van der Waals surface area contributed by atoms with E-state index in [0.717, 1.165) is 0 Å². The Morgan fingerprint density at radius 1 is 1.50 bits per heavy atom. The van der Waals surface area contributed by atoms with Gasteiger partial charge in [-0.15, -0.1) is 0 Å². The molecule has 0 amide bonds. The van der Waals surface area contributed by atoms with Crippen LogP contribution in [0.1, 0.15) is 0 Å². The average Bonchev–Trinajstić information content (AvgIpc) is 0.811. The number of rotatable bonds is 0. The Balaban J connectivity index is 3.51. The third-order valence-electron chi connectivity index (χ3n) is 0. The molecule has 0 heterocycles. The van der Waals surface area contributed by atoms with E-state index in [9.17, 15) is 0 Å². The largest absolute Gasteiger partial charge is 0.271 e. The fourth-order valence-electron chi connectivity index (χ4n) is 0. The predicted molar refractivity (Wildman–Crippen MR) is 14.0 cm³/mol. The predicted octanol–water partition coefficient (Wildman–Crippen LogP) is 0.243. The summed E-state index contributed by atoms with van der Waals surface area (Å²) >= 11 is 0. The summed E-state index contributed by atoms with van der Waals surface area (Å²) < 4.78 is 17.9. The minimum absolute atomic E-state index is 2.27. The Hall–Kier alpha value is 0.117. The molecule has 0 spiro atoms. The highest BCUT2D eigenvalue weighted by Gasteiger charge is 1.57. The van der Waals surface area contributed by atoms with Crippen LogP contribution in [0, 0.1) is 0 Å². The molecule has 0 bridgehead atoms. The second-order valence-electron chi connectivity index (χ2n) is 0.257. The van der Waals surface area contributed by atoms with Gasteiger partial charge >= 0.3 is 0 Å². The molecule has 4 heteroatoms. The van der Waals surface area contributed by atoms with Gasteiger partial charge in [-0.05, 0) is 0 Å². The molecule has 0 aliphatic heterocycles. The third-order valence-corrected chi connectivity index (χ3v) is 0. The smallest absolute Gasteiger partial charge is 0.246 e. The fraction of sp³-hybridized carbons (Fsp3) is 0. The van der Waals surface area contributed by atoms with Crippen molar-refractivity contribution in [1.29, 1.82) is 0 Å². The van der Waals surface area contributed by atoms with Crippen LogP contribution in [0.2, 0.25) is 0 Å². The van der Waals surface area contributed by atoms with Gasteiger partial charge in [0.2, 0.25) is 9.91 Å².